The summed E-state index contributed by atoms with van der Waals surface area (Å²) in [6.07, 6.45) is 0.599. The average molecular weight is 487 g/mol. The highest BCUT2D eigenvalue weighted by Gasteiger charge is 2.29. The zero-order chi connectivity index (χ0) is 24.1. The fourth-order valence-electron chi connectivity index (χ4n) is 3.52. The van der Waals surface area contributed by atoms with Gasteiger partial charge in [-0.2, -0.15) is 0 Å². The van der Waals surface area contributed by atoms with Crippen LogP contribution in [0.2, 0.25) is 5.02 Å². The van der Waals surface area contributed by atoms with Crippen LogP contribution in [0.4, 0.5) is 5.69 Å². The number of sulfonamides is 1. The Balaban J connectivity index is 1.87. The van der Waals surface area contributed by atoms with Crippen molar-refractivity contribution in [3.05, 3.63) is 89.4 Å². The zero-order valence-electron chi connectivity index (χ0n) is 18.8. The summed E-state index contributed by atoms with van der Waals surface area (Å²) in [7, 11) is -2.54. The van der Waals surface area contributed by atoms with E-state index in [4.69, 9.17) is 16.3 Å². The van der Waals surface area contributed by atoms with E-state index < -0.39 is 28.0 Å². The molecular weight excluding hydrogens is 460 g/mol. The molecule has 0 unspecified atom stereocenters. The Morgan fingerprint density at radius 3 is 2.27 bits per heavy atom. The molecular formula is C25H27ClN2O4S. The third-order valence-corrected chi connectivity index (χ3v) is 7.02. The molecule has 3 aromatic rings. The minimum atomic E-state index is -4.05. The Morgan fingerprint density at radius 2 is 1.67 bits per heavy atom. The molecule has 6 nitrogen and oxygen atoms in total. The van der Waals surface area contributed by atoms with Gasteiger partial charge in [0, 0.05) is 10.6 Å². The van der Waals surface area contributed by atoms with Gasteiger partial charge in [0.05, 0.1) is 17.7 Å². The van der Waals surface area contributed by atoms with Crippen LogP contribution < -0.4 is 14.4 Å². The van der Waals surface area contributed by atoms with Crippen molar-refractivity contribution in [2.75, 3.05) is 18.0 Å². The first-order valence-corrected chi connectivity index (χ1v) is 12.2. The van der Waals surface area contributed by atoms with E-state index in [0.717, 1.165) is 9.87 Å². The molecule has 0 radical (unpaired) electrons. The Kier molecular flexibility index (Phi) is 7.66. The van der Waals surface area contributed by atoms with E-state index in [2.05, 4.69) is 5.32 Å². The SMILES string of the molecule is COc1ccc(S(=O)(=O)N(CC(=O)NC(C)(C)Cc2ccccc2)c2cccc(Cl)c2)cc1. The van der Waals surface area contributed by atoms with Gasteiger partial charge in [-0.25, -0.2) is 8.42 Å². The fourth-order valence-corrected chi connectivity index (χ4v) is 5.12. The largest absolute Gasteiger partial charge is 0.497 e. The van der Waals surface area contributed by atoms with Gasteiger partial charge in [-0.3, -0.25) is 9.10 Å². The summed E-state index contributed by atoms with van der Waals surface area (Å²) >= 11 is 6.12. The summed E-state index contributed by atoms with van der Waals surface area (Å²) in [6.45, 7) is 3.41. The summed E-state index contributed by atoms with van der Waals surface area (Å²) in [5.41, 5.74) is 0.789. The normalized spacial score (nSPS) is 11.6. The zero-order valence-corrected chi connectivity index (χ0v) is 20.4. The van der Waals surface area contributed by atoms with Crippen molar-refractivity contribution in [1.82, 2.24) is 5.32 Å². The van der Waals surface area contributed by atoms with Crippen LogP contribution in [0, 0.1) is 0 Å². The molecule has 174 valence electrons. The third-order valence-electron chi connectivity index (χ3n) is 5.00. The Hall–Kier alpha value is -3.03. The second-order valence-electron chi connectivity index (χ2n) is 8.26. The molecule has 1 amide bonds. The predicted octanol–water partition coefficient (Wildman–Crippen LogP) is 4.68. The number of amides is 1. The minimum Gasteiger partial charge on any atom is -0.497 e. The van der Waals surface area contributed by atoms with Crippen LogP contribution in [0.15, 0.2) is 83.8 Å². The van der Waals surface area contributed by atoms with Crippen molar-refractivity contribution in [1.29, 1.82) is 0 Å². The lowest BCUT2D eigenvalue weighted by molar-refractivity contribution is -0.121. The molecule has 0 aliphatic carbocycles. The number of carbonyl (C=O) groups excluding carboxylic acids is 1. The van der Waals surface area contributed by atoms with Crippen LogP contribution in [-0.4, -0.2) is 33.5 Å². The number of hydrogen-bond acceptors (Lipinski definition) is 4. The molecule has 0 saturated heterocycles. The number of nitrogens with zero attached hydrogens (tertiary/aromatic N) is 1. The summed E-state index contributed by atoms with van der Waals surface area (Å²) in [5.74, 6) is 0.108. The van der Waals surface area contributed by atoms with E-state index in [1.165, 1.54) is 25.3 Å². The molecule has 8 heteroatoms. The van der Waals surface area contributed by atoms with Crippen LogP contribution in [0.25, 0.3) is 0 Å². The highest BCUT2D eigenvalue weighted by Crippen LogP contribution is 2.27. The summed E-state index contributed by atoms with van der Waals surface area (Å²) in [6, 6.07) is 22.2. The molecule has 0 heterocycles. The lowest BCUT2D eigenvalue weighted by Gasteiger charge is -2.29. The van der Waals surface area contributed by atoms with Crippen molar-refractivity contribution in [3.63, 3.8) is 0 Å². The van der Waals surface area contributed by atoms with Gasteiger partial charge >= 0.3 is 0 Å². The van der Waals surface area contributed by atoms with Gasteiger partial charge in [0.25, 0.3) is 10.0 Å². The van der Waals surface area contributed by atoms with E-state index in [1.54, 1.807) is 30.3 Å². The molecule has 3 rings (SSSR count). The van der Waals surface area contributed by atoms with Gasteiger partial charge in [-0.1, -0.05) is 48.0 Å². The van der Waals surface area contributed by atoms with Crippen molar-refractivity contribution in [2.24, 2.45) is 0 Å². The number of carbonyl (C=O) groups is 1. The Labute approximate surface area is 200 Å². The van der Waals surface area contributed by atoms with Crippen LogP contribution in [0.3, 0.4) is 0 Å². The van der Waals surface area contributed by atoms with Crippen LogP contribution in [0.1, 0.15) is 19.4 Å². The van der Waals surface area contributed by atoms with E-state index in [9.17, 15) is 13.2 Å². The quantitative estimate of drug-likeness (QED) is 0.476. The number of nitrogens with one attached hydrogen (secondary N) is 1. The number of halogens is 1. The lowest BCUT2D eigenvalue weighted by atomic mass is 9.95. The maximum absolute atomic E-state index is 13.5. The number of ether oxygens (including phenoxy) is 1. The lowest BCUT2D eigenvalue weighted by Crippen LogP contribution is -2.50. The minimum absolute atomic E-state index is 0.0413. The first kappa shape index (κ1) is 24.6. The van der Waals surface area contributed by atoms with Crippen LogP contribution in [0.5, 0.6) is 5.75 Å². The standard InChI is InChI=1S/C25H27ClN2O4S/c1-25(2,17-19-8-5-4-6-9-19)27-24(29)18-28(21-11-7-10-20(26)16-21)33(30,31)23-14-12-22(32-3)13-15-23/h4-16H,17-18H2,1-3H3,(H,27,29). The van der Waals surface area contributed by atoms with Crippen LogP contribution >= 0.6 is 11.6 Å². The summed E-state index contributed by atoms with van der Waals surface area (Å²) < 4.78 is 33.2. The number of methoxy groups -OCH3 is 1. The molecule has 0 atom stereocenters. The maximum atomic E-state index is 13.5. The molecule has 3 aromatic carbocycles. The van der Waals surface area contributed by atoms with Crippen molar-refractivity contribution < 1.29 is 17.9 Å². The Bertz CT molecular complexity index is 1200. The second kappa shape index (κ2) is 10.3. The van der Waals surface area contributed by atoms with E-state index in [1.807, 2.05) is 44.2 Å². The molecule has 0 bridgehead atoms. The number of benzene rings is 3. The molecule has 0 aromatic heterocycles. The Morgan fingerprint density at radius 1 is 1.00 bits per heavy atom. The van der Waals surface area contributed by atoms with E-state index >= 15 is 0 Å². The summed E-state index contributed by atoms with van der Waals surface area (Å²) in [4.78, 5) is 13.1. The highest BCUT2D eigenvalue weighted by atomic mass is 35.5. The number of rotatable bonds is 9. The maximum Gasteiger partial charge on any atom is 0.264 e. The molecule has 0 saturated carbocycles. The van der Waals surface area contributed by atoms with Gasteiger partial charge < -0.3 is 10.1 Å². The second-order valence-corrected chi connectivity index (χ2v) is 10.6. The smallest absolute Gasteiger partial charge is 0.264 e. The predicted molar refractivity (Wildman–Crippen MR) is 131 cm³/mol. The monoisotopic (exact) mass is 486 g/mol. The van der Waals surface area contributed by atoms with Crippen molar-refractivity contribution in [2.45, 2.75) is 30.7 Å². The molecule has 33 heavy (non-hydrogen) atoms. The van der Waals surface area contributed by atoms with Gasteiger partial charge in [0.15, 0.2) is 0 Å². The average Bonchev–Trinajstić information content (AvgIpc) is 2.77. The van der Waals surface area contributed by atoms with E-state index in [0.29, 0.717) is 22.9 Å². The van der Waals surface area contributed by atoms with Gasteiger partial charge in [-0.05, 0) is 68.3 Å². The third kappa shape index (κ3) is 6.49. The van der Waals surface area contributed by atoms with Crippen LogP contribution in [-0.2, 0) is 21.2 Å². The molecule has 0 fully saturated rings. The number of anilines is 1. The van der Waals surface area contributed by atoms with E-state index in [-0.39, 0.29) is 4.90 Å². The number of hydrogen-bond donors (Lipinski definition) is 1. The van der Waals surface area contributed by atoms with Gasteiger partial charge in [-0.15, -0.1) is 0 Å². The molecule has 1 N–H and O–H groups in total. The van der Waals surface area contributed by atoms with Crippen molar-refractivity contribution in [3.8, 4) is 5.75 Å². The summed E-state index contributed by atoms with van der Waals surface area (Å²) in [5, 5.41) is 3.33. The first-order valence-electron chi connectivity index (χ1n) is 10.4. The highest BCUT2D eigenvalue weighted by molar-refractivity contribution is 7.92. The molecule has 0 spiro atoms. The topological polar surface area (TPSA) is 75.7 Å². The van der Waals surface area contributed by atoms with Crippen molar-refractivity contribution >= 4 is 33.2 Å². The van der Waals surface area contributed by atoms with Gasteiger partial charge in [0.1, 0.15) is 12.3 Å². The molecule has 0 aliphatic rings. The van der Waals surface area contributed by atoms with Gasteiger partial charge in [0.2, 0.25) is 5.91 Å². The molecule has 0 aliphatic heterocycles. The first-order chi connectivity index (χ1) is 15.6. The fraction of sp³-hybridized carbons (Fsp3) is 0.240.